The van der Waals surface area contributed by atoms with E-state index >= 15 is 0 Å². The van der Waals surface area contributed by atoms with Gasteiger partial charge in [-0.1, -0.05) is 73.8 Å². The Morgan fingerprint density at radius 2 is 1.47 bits per heavy atom. The fourth-order valence-electron chi connectivity index (χ4n) is 2.76. The number of allylic oxidation sites excluding steroid dienone is 4. The molecular formula is C14H25P. The lowest BCUT2D eigenvalue weighted by molar-refractivity contribution is 0.692. The van der Waals surface area contributed by atoms with Gasteiger partial charge < -0.3 is 0 Å². The predicted octanol–water partition coefficient (Wildman–Crippen LogP) is 4.95. The number of rotatable bonds is 1. The summed E-state index contributed by atoms with van der Waals surface area (Å²) in [5, 5.41) is 0.877. The van der Waals surface area contributed by atoms with Crippen LogP contribution >= 0.6 is 7.92 Å². The smallest absolute Gasteiger partial charge is 0.00175 e. The molecule has 0 aromatic heterocycles. The van der Waals surface area contributed by atoms with E-state index in [1.807, 2.05) is 0 Å². The second-order valence-electron chi connectivity index (χ2n) is 6.33. The minimum absolute atomic E-state index is 0.00103. The molecule has 1 heteroatoms. The third kappa shape index (κ3) is 3.45. The molecule has 0 saturated heterocycles. The standard InChI is InChI=1S/C14H25P/c1-13(2,3)15(14(4,5)6)12-10-8-7-9-11-12/h7-10,12H,11H2,1-6H3. The molecule has 0 aliphatic heterocycles. The van der Waals surface area contributed by atoms with Crippen LogP contribution in [0.2, 0.25) is 0 Å². The molecule has 1 rings (SSSR count). The lowest BCUT2D eigenvalue weighted by atomic mass is 10.2. The van der Waals surface area contributed by atoms with Crippen molar-refractivity contribution in [3.63, 3.8) is 0 Å². The molecule has 0 nitrogen and oxygen atoms in total. The second kappa shape index (κ2) is 4.42. The van der Waals surface area contributed by atoms with Gasteiger partial charge in [0.05, 0.1) is 0 Å². The molecule has 0 heterocycles. The van der Waals surface area contributed by atoms with Crippen molar-refractivity contribution in [2.45, 2.75) is 63.9 Å². The van der Waals surface area contributed by atoms with E-state index in [1.165, 1.54) is 6.42 Å². The Labute approximate surface area is 96.6 Å². The van der Waals surface area contributed by atoms with Crippen LogP contribution in [0.4, 0.5) is 0 Å². The van der Waals surface area contributed by atoms with Gasteiger partial charge in [-0.3, -0.25) is 0 Å². The van der Waals surface area contributed by atoms with E-state index in [2.05, 4.69) is 65.8 Å². The van der Waals surface area contributed by atoms with E-state index in [1.54, 1.807) is 0 Å². The van der Waals surface area contributed by atoms with Gasteiger partial charge in [0.25, 0.3) is 0 Å². The summed E-state index contributed by atoms with van der Waals surface area (Å²) in [6, 6.07) is 0. The molecule has 0 saturated carbocycles. The molecule has 1 unspecified atom stereocenters. The zero-order chi connectivity index (χ0) is 11.7. The molecule has 0 aromatic rings. The van der Waals surface area contributed by atoms with E-state index in [9.17, 15) is 0 Å². The first-order valence-corrected chi connectivity index (χ1v) is 7.27. The molecule has 0 spiro atoms. The van der Waals surface area contributed by atoms with Crippen LogP contribution in [0.1, 0.15) is 48.0 Å². The first-order valence-electron chi connectivity index (χ1n) is 5.86. The summed E-state index contributed by atoms with van der Waals surface area (Å²) in [4.78, 5) is 0. The Hall–Kier alpha value is -0.0900. The molecule has 0 aromatic carbocycles. The second-order valence-corrected chi connectivity index (χ2v) is 10.4. The molecule has 0 bridgehead atoms. The van der Waals surface area contributed by atoms with Gasteiger partial charge in [0.15, 0.2) is 0 Å². The summed E-state index contributed by atoms with van der Waals surface area (Å²) in [6.07, 6.45) is 10.4. The van der Waals surface area contributed by atoms with Gasteiger partial charge in [-0.05, 0) is 16.7 Å². The normalized spacial score (nSPS) is 22.5. The predicted molar refractivity (Wildman–Crippen MR) is 73.1 cm³/mol. The zero-order valence-corrected chi connectivity index (χ0v) is 11.9. The van der Waals surface area contributed by atoms with Crippen molar-refractivity contribution in [1.29, 1.82) is 0 Å². The number of hydrogen-bond acceptors (Lipinski definition) is 0. The molecule has 1 aliphatic carbocycles. The molecule has 1 atom stereocenters. The lowest BCUT2D eigenvalue weighted by Crippen LogP contribution is -2.30. The van der Waals surface area contributed by atoms with E-state index in [-0.39, 0.29) is 7.92 Å². The van der Waals surface area contributed by atoms with Crippen molar-refractivity contribution in [3.05, 3.63) is 24.3 Å². The van der Waals surface area contributed by atoms with Crippen LogP contribution in [-0.4, -0.2) is 16.0 Å². The molecule has 0 amide bonds. The average molecular weight is 224 g/mol. The quantitative estimate of drug-likeness (QED) is 0.553. The fourth-order valence-corrected chi connectivity index (χ4v) is 7.37. The minimum atomic E-state index is 0.00103. The Kier molecular flexibility index (Phi) is 3.82. The topological polar surface area (TPSA) is 0 Å². The summed E-state index contributed by atoms with van der Waals surface area (Å²) in [5.74, 6) is 0. The monoisotopic (exact) mass is 224 g/mol. The first kappa shape index (κ1) is 13.0. The van der Waals surface area contributed by atoms with E-state index in [0.29, 0.717) is 10.3 Å². The Balaban J connectivity index is 2.92. The SMILES string of the molecule is CC(C)(C)P(C1C=CC=CC1)C(C)(C)C. The highest BCUT2D eigenvalue weighted by molar-refractivity contribution is 7.61. The summed E-state index contributed by atoms with van der Waals surface area (Å²) >= 11 is 0. The van der Waals surface area contributed by atoms with Crippen LogP contribution in [0, 0.1) is 0 Å². The highest BCUT2D eigenvalue weighted by Crippen LogP contribution is 2.63. The summed E-state index contributed by atoms with van der Waals surface area (Å²) in [5.41, 5.74) is 0.769. The molecule has 1 aliphatic rings. The third-order valence-electron chi connectivity index (χ3n) is 2.74. The first-order chi connectivity index (χ1) is 6.73. The third-order valence-corrected chi connectivity index (χ3v) is 6.67. The summed E-state index contributed by atoms with van der Waals surface area (Å²) < 4.78 is 0. The van der Waals surface area contributed by atoms with Crippen LogP contribution in [0.5, 0.6) is 0 Å². The van der Waals surface area contributed by atoms with Crippen LogP contribution < -0.4 is 0 Å². The highest BCUT2D eigenvalue weighted by atomic mass is 31.1. The maximum atomic E-state index is 2.42. The highest BCUT2D eigenvalue weighted by Gasteiger charge is 2.38. The fraction of sp³-hybridized carbons (Fsp3) is 0.714. The van der Waals surface area contributed by atoms with Gasteiger partial charge in [0, 0.05) is 5.66 Å². The number of hydrogen-bond donors (Lipinski definition) is 0. The minimum Gasteiger partial charge on any atom is -0.0882 e. The van der Waals surface area contributed by atoms with Gasteiger partial charge >= 0.3 is 0 Å². The van der Waals surface area contributed by atoms with Gasteiger partial charge in [0.2, 0.25) is 0 Å². The van der Waals surface area contributed by atoms with Gasteiger partial charge in [0.1, 0.15) is 0 Å². The molecule has 0 N–H and O–H groups in total. The van der Waals surface area contributed by atoms with Crippen LogP contribution in [0.3, 0.4) is 0 Å². The van der Waals surface area contributed by atoms with E-state index in [0.717, 1.165) is 5.66 Å². The maximum Gasteiger partial charge on any atom is 0.00175 e. The van der Waals surface area contributed by atoms with Crippen LogP contribution in [0.15, 0.2) is 24.3 Å². The van der Waals surface area contributed by atoms with Crippen molar-refractivity contribution < 1.29 is 0 Å². The Bertz CT molecular complexity index is 246. The summed E-state index contributed by atoms with van der Waals surface area (Å²) in [6.45, 7) is 14.4. The Morgan fingerprint density at radius 3 is 1.80 bits per heavy atom. The van der Waals surface area contributed by atoms with Crippen LogP contribution in [-0.2, 0) is 0 Å². The van der Waals surface area contributed by atoms with Crippen molar-refractivity contribution in [2.75, 3.05) is 0 Å². The van der Waals surface area contributed by atoms with Gasteiger partial charge in [-0.2, -0.15) is 0 Å². The van der Waals surface area contributed by atoms with Crippen molar-refractivity contribution in [1.82, 2.24) is 0 Å². The van der Waals surface area contributed by atoms with E-state index in [4.69, 9.17) is 0 Å². The van der Waals surface area contributed by atoms with Crippen molar-refractivity contribution in [3.8, 4) is 0 Å². The molecule has 0 radical (unpaired) electrons. The molecule has 0 fully saturated rings. The van der Waals surface area contributed by atoms with Crippen LogP contribution in [0.25, 0.3) is 0 Å². The molecule has 86 valence electrons. The lowest BCUT2D eigenvalue weighted by Gasteiger charge is -2.46. The maximum absolute atomic E-state index is 2.42. The zero-order valence-electron chi connectivity index (χ0n) is 11.0. The van der Waals surface area contributed by atoms with Crippen molar-refractivity contribution >= 4 is 7.92 Å². The van der Waals surface area contributed by atoms with Gasteiger partial charge in [-0.15, -0.1) is 0 Å². The molecular weight excluding hydrogens is 199 g/mol. The molecule has 15 heavy (non-hydrogen) atoms. The van der Waals surface area contributed by atoms with E-state index < -0.39 is 0 Å². The average Bonchev–Trinajstić information content (AvgIpc) is 2.00. The van der Waals surface area contributed by atoms with Gasteiger partial charge in [-0.25, -0.2) is 0 Å². The van der Waals surface area contributed by atoms with Crippen molar-refractivity contribution in [2.24, 2.45) is 0 Å². The summed E-state index contributed by atoms with van der Waals surface area (Å²) in [7, 11) is 0.00103. The largest absolute Gasteiger partial charge is 0.0882 e. The Morgan fingerprint density at radius 1 is 0.933 bits per heavy atom.